The summed E-state index contributed by atoms with van der Waals surface area (Å²) in [5.41, 5.74) is 2.96. The second kappa shape index (κ2) is 6.54. The standard InChI is InChI=1S/C20H15F3N2O2/c21-20(22,23)27-18-7-13(11-24)6-14(8-18)12-26-17-3-4-19-15(10-17)9-16-2-1-5-25(16)19/h3-4,6-10H,1-2,5,12H2. The van der Waals surface area contributed by atoms with E-state index in [1.807, 2.05) is 24.3 Å². The zero-order chi connectivity index (χ0) is 19.0. The molecule has 27 heavy (non-hydrogen) atoms. The highest BCUT2D eigenvalue weighted by Gasteiger charge is 2.31. The Labute approximate surface area is 153 Å². The Balaban J connectivity index is 1.53. The third-order valence-corrected chi connectivity index (χ3v) is 4.51. The molecule has 4 nitrogen and oxygen atoms in total. The SMILES string of the molecule is N#Cc1cc(COc2ccc3c(c2)cc2n3CCC2)cc(OC(F)(F)F)c1. The third-order valence-electron chi connectivity index (χ3n) is 4.51. The minimum atomic E-state index is -4.81. The molecule has 0 bridgehead atoms. The highest BCUT2D eigenvalue weighted by atomic mass is 19.4. The minimum Gasteiger partial charge on any atom is -0.489 e. The Kier molecular flexibility index (Phi) is 4.19. The number of hydrogen-bond acceptors (Lipinski definition) is 3. The van der Waals surface area contributed by atoms with Crippen LogP contribution in [0.2, 0.25) is 0 Å². The van der Waals surface area contributed by atoms with Crippen molar-refractivity contribution in [1.82, 2.24) is 4.57 Å². The molecule has 0 N–H and O–H groups in total. The van der Waals surface area contributed by atoms with Gasteiger partial charge in [0.05, 0.1) is 11.6 Å². The van der Waals surface area contributed by atoms with Crippen molar-refractivity contribution >= 4 is 10.9 Å². The molecule has 1 aliphatic rings. The van der Waals surface area contributed by atoms with Gasteiger partial charge in [-0.15, -0.1) is 13.2 Å². The molecule has 2 aromatic carbocycles. The lowest BCUT2D eigenvalue weighted by atomic mass is 10.1. The Bertz CT molecular complexity index is 1050. The Morgan fingerprint density at radius 2 is 1.93 bits per heavy atom. The molecule has 0 fully saturated rings. The van der Waals surface area contributed by atoms with E-state index in [0.717, 1.165) is 36.4 Å². The number of aryl methyl sites for hydroxylation is 2. The molecule has 0 atom stereocenters. The minimum absolute atomic E-state index is 0.0306. The fourth-order valence-corrected chi connectivity index (χ4v) is 3.45. The molecule has 3 aromatic rings. The molecule has 7 heteroatoms. The van der Waals surface area contributed by atoms with Crippen molar-refractivity contribution in [2.45, 2.75) is 32.4 Å². The van der Waals surface area contributed by atoms with Gasteiger partial charge in [0.25, 0.3) is 0 Å². The largest absolute Gasteiger partial charge is 0.573 e. The van der Waals surface area contributed by atoms with Crippen LogP contribution in [-0.4, -0.2) is 10.9 Å². The van der Waals surface area contributed by atoms with Gasteiger partial charge in [-0.2, -0.15) is 5.26 Å². The molecule has 2 heterocycles. The molecular formula is C20H15F3N2O2. The molecule has 1 aliphatic heterocycles. The molecule has 0 spiro atoms. The predicted octanol–water partition coefficient (Wildman–Crippen LogP) is 4.94. The summed E-state index contributed by atoms with van der Waals surface area (Å²) < 4.78 is 49.3. The quantitative estimate of drug-likeness (QED) is 0.652. The van der Waals surface area contributed by atoms with Crippen LogP contribution in [0.15, 0.2) is 42.5 Å². The van der Waals surface area contributed by atoms with E-state index in [0.29, 0.717) is 11.3 Å². The molecule has 4 rings (SSSR count). The number of benzene rings is 2. The van der Waals surface area contributed by atoms with Crippen LogP contribution in [0.1, 0.15) is 23.2 Å². The van der Waals surface area contributed by atoms with Gasteiger partial charge >= 0.3 is 6.36 Å². The summed E-state index contributed by atoms with van der Waals surface area (Å²) in [4.78, 5) is 0. The molecule has 138 valence electrons. The van der Waals surface area contributed by atoms with Crippen LogP contribution in [0.5, 0.6) is 11.5 Å². The van der Waals surface area contributed by atoms with E-state index in [-0.39, 0.29) is 12.2 Å². The number of fused-ring (bicyclic) bond motifs is 3. The molecule has 0 amide bonds. The smallest absolute Gasteiger partial charge is 0.489 e. The summed E-state index contributed by atoms with van der Waals surface area (Å²) >= 11 is 0. The topological polar surface area (TPSA) is 47.2 Å². The van der Waals surface area contributed by atoms with Gasteiger partial charge in [-0.25, -0.2) is 0 Å². The lowest BCUT2D eigenvalue weighted by Gasteiger charge is -2.12. The number of alkyl halides is 3. The number of nitrogens with zero attached hydrogens (tertiary/aromatic N) is 2. The van der Waals surface area contributed by atoms with Crippen molar-refractivity contribution in [3.8, 4) is 17.6 Å². The second-order valence-electron chi connectivity index (χ2n) is 6.43. The van der Waals surface area contributed by atoms with E-state index in [1.54, 1.807) is 0 Å². The summed E-state index contributed by atoms with van der Waals surface area (Å²) in [6, 6.07) is 13.5. The number of hydrogen-bond donors (Lipinski definition) is 0. The summed E-state index contributed by atoms with van der Waals surface area (Å²) in [5, 5.41) is 10.1. The van der Waals surface area contributed by atoms with Gasteiger partial charge in [-0.05, 0) is 60.9 Å². The number of rotatable bonds is 4. The first kappa shape index (κ1) is 17.3. The van der Waals surface area contributed by atoms with Crippen molar-refractivity contribution in [3.63, 3.8) is 0 Å². The highest BCUT2D eigenvalue weighted by molar-refractivity contribution is 5.83. The Hall–Kier alpha value is -3.14. The fraction of sp³-hybridized carbons (Fsp3) is 0.250. The maximum Gasteiger partial charge on any atom is 0.573 e. The zero-order valence-electron chi connectivity index (χ0n) is 14.2. The molecule has 1 aromatic heterocycles. The molecule has 0 unspecified atom stereocenters. The van der Waals surface area contributed by atoms with Crippen LogP contribution in [0.3, 0.4) is 0 Å². The lowest BCUT2D eigenvalue weighted by Crippen LogP contribution is -2.17. The van der Waals surface area contributed by atoms with E-state index < -0.39 is 12.1 Å². The van der Waals surface area contributed by atoms with E-state index in [2.05, 4.69) is 15.4 Å². The normalized spacial score (nSPS) is 13.4. The van der Waals surface area contributed by atoms with Crippen molar-refractivity contribution < 1.29 is 22.6 Å². The predicted molar refractivity (Wildman–Crippen MR) is 92.4 cm³/mol. The van der Waals surface area contributed by atoms with Gasteiger partial charge in [0.1, 0.15) is 18.1 Å². The first-order valence-electron chi connectivity index (χ1n) is 8.46. The molecular weight excluding hydrogens is 357 g/mol. The third kappa shape index (κ3) is 3.70. The van der Waals surface area contributed by atoms with Crippen molar-refractivity contribution in [3.05, 3.63) is 59.3 Å². The maximum atomic E-state index is 12.4. The summed E-state index contributed by atoms with van der Waals surface area (Å²) in [5.74, 6) is 0.187. The number of aromatic nitrogens is 1. The van der Waals surface area contributed by atoms with Gasteiger partial charge in [-0.3, -0.25) is 0 Å². The van der Waals surface area contributed by atoms with E-state index >= 15 is 0 Å². The average Bonchev–Trinajstić information content (AvgIpc) is 3.18. The monoisotopic (exact) mass is 372 g/mol. The van der Waals surface area contributed by atoms with Gasteiger partial charge in [0.15, 0.2) is 0 Å². The number of nitriles is 1. The van der Waals surface area contributed by atoms with Gasteiger partial charge in [0, 0.05) is 23.1 Å². The molecule has 0 saturated carbocycles. The van der Waals surface area contributed by atoms with Crippen LogP contribution in [0.4, 0.5) is 13.2 Å². The van der Waals surface area contributed by atoms with Gasteiger partial charge in [-0.1, -0.05) is 0 Å². The van der Waals surface area contributed by atoms with Crippen molar-refractivity contribution in [2.75, 3.05) is 0 Å². The van der Waals surface area contributed by atoms with Crippen LogP contribution >= 0.6 is 0 Å². The van der Waals surface area contributed by atoms with Crippen LogP contribution < -0.4 is 9.47 Å². The van der Waals surface area contributed by atoms with Crippen molar-refractivity contribution in [2.24, 2.45) is 0 Å². The summed E-state index contributed by atoms with van der Waals surface area (Å²) in [6.45, 7) is 1.05. The van der Waals surface area contributed by atoms with E-state index in [9.17, 15) is 13.2 Å². The molecule has 0 aliphatic carbocycles. The zero-order valence-corrected chi connectivity index (χ0v) is 14.2. The number of ether oxygens (including phenoxy) is 2. The maximum absolute atomic E-state index is 12.4. The van der Waals surface area contributed by atoms with E-state index in [4.69, 9.17) is 10.00 Å². The lowest BCUT2D eigenvalue weighted by molar-refractivity contribution is -0.274. The molecule has 0 radical (unpaired) electrons. The Morgan fingerprint density at radius 3 is 2.70 bits per heavy atom. The molecule has 0 saturated heterocycles. The first-order chi connectivity index (χ1) is 12.9. The second-order valence-corrected chi connectivity index (χ2v) is 6.43. The Morgan fingerprint density at radius 1 is 1.07 bits per heavy atom. The van der Waals surface area contributed by atoms with Gasteiger partial charge < -0.3 is 14.0 Å². The van der Waals surface area contributed by atoms with Gasteiger partial charge in [0.2, 0.25) is 0 Å². The summed E-state index contributed by atoms with van der Waals surface area (Å²) in [7, 11) is 0. The average molecular weight is 372 g/mol. The summed E-state index contributed by atoms with van der Waals surface area (Å²) in [6.07, 6.45) is -2.60. The van der Waals surface area contributed by atoms with E-state index in [1.165, 1.54) is 17.8 Å². The first-order valence-corrected chi connectivity index (χ1v) is 8.46. The number of halogens is 3. The van der Waals surface area contributed by atoms with Crippen LogP contribution in [0, 0.1) is 11.3 Å². The van der Waals surface area contributed by atoms with Crippen LogP contribution in [-0.2, 0) is 19.6 Å². The van der Waals surface area contributed by atoms with Crippen molar-refractivity contribution in [1.29, 1.82) is 5.26 Å². The highest BCUT2D eigenvalue weighted by Crippen LogP contribution is 2.30. The fourth-order valence-electron chi connectivity index (χ4n) is 3.45. The van der Waals surface area contributed by atoms with Crippen LogP contribution in [0.25, 0.3) is 10.9 Å².